The largest absolute Gasteiger partial charge is 0.361 e. The number of fused-ring (bicyclic) bond motifs is 1. The SMILES string of the molecule is O=C(Cc1ccccc1[N+](=O)[O-])N/N=C/c1c[nH]c2ccc(Br)cc12. The highest BCUT2D eigenvalue weighted by atomic mass is 79.9. The fourth-order valence-electron chi connectivity index (χ4n) is 2.45. The van der Waals surface area contributed by atoms with Crippen LogP contribution in [0.15, 0.2) is 58.2 Å². The lowest BCUT2D eigenvalue weighted by Crippen LogP contribution is -2.20. The zero-order valence-electron chi connectivity index (χ0n) is 12.9. The molecule has 0 aliphatic rings. The van der Waals surface area contributed by atoms with Crippen LogP contribution >= 0.6 is 15.9 Å². The summed E-state index contributed by atoms with van der Waals surface area (Å²) in [5.41, 5.74) is 4.44. The number of carbonyl (C=O) groups is 1. The molecule has 1 aromatic heterocycles. The summed E-state index contributed by atoms with van der Waals surface area (Å²) in [7, 11) is 0. The minimum Gasteiger partial charge on any atom is -0.361 e. The van der Waals surface area contributed by atoms with Crippen molar-refractivity contribution < 1.29 is 9.72 Å². The van der Waals surface area contributed by atoms with E-state index >= 15 is 0 Å². The number of aromatic nitrogens is 1. The van der Waals surface area contributed by atoms with Crippen LogP contribution in [0.2, 0.25) is 0 Å². The first-order valence-corrected chi connectivity index (χ1v) is 8.15. The highest BCUT2D eigenvalue weighted by Gasteiger charge is 2.15. The van der Waals surface area contributed by atoms with Crippen molar-refractivity contribution in [2.75, 3.05) is 0 Å². The minimum absolute atomic E-state index is 0.0805. The fourth-order valence-corrected chi connectivity index (χ4v) is 2.81. The van der Waals surface area contributed by atoms with Gasteiger partial charge in [0, 0.05) is 38.8 Å². The first-order chi connectivity index (χ1) is 12.0. The average molecular weight is 401 g/mol. The Morgan fingerprint density at radius 3 is 2.92 bits per heavy atom. The van der Waals surface area contributed by atoms with Crippen LogP contribution in [0.25, 0.3) is 10.9 Å². The maximum absolute atomic E-state index is 12.0. The second-order valence-corrected chi connectivity index (χ2v) is 6.21. The number of amides is 1. The number of aromatic amines is 1. The number of nitrogens with zero attached hydrogens (tertiary/aromatic N) is 2. The standard InChI is InChI=1S/C17H13BrN4O3/c18-13-5-6-15-14(8-13)12(9-19-15)10-20-21-17(23)7-11-3-1-2-4-16(11)22(24)25/h1-6,8-10,19H,7H2,(H,21,23)/b20-10+. The van der Waals surface area contributed by atoms with Crippen LogP contribution in [0.1, 0.15) is 11.1 Å². The lowest BCUT2D eigenvalue weighted by atomic mass is 10.1. The smallest absolute Gasteiger partial charge is 0.273 e. The van der Waals surface area contributed by atoms with Crippen LogP contribution in [-0.4, -0.2) is 22.0 Å². The van der Waals surface area contributed by atoms with E-state index in [1.54, 1.807) is 24.4 Å². The Bertz CT molecular complexity index is 981. The van der Waals surface area contributed by atoms with Gasteiger partial charge in [0.2, 0.25) is 5.91 Å². The molecule has 0 spiro atoms. The molecule has 1 heterocycles. The van der Waals surface area contributed by atoms with Gasteiger partial charge < -0.3 is 4.98 Å². The van der Waals surface area contributed by atoms with Crippen molar-refractivity contribution in [3.8, 4) is 0 Å². The molecule has 1 amide bonds. The molecule has 0 fully saturated rings. The van der Waals surface area contributed by atoms with E-state index in [0.717, 1.165) is 20.9 Å². The molecule has 8 heteroatoms. The topological polar surface area (TPSA) is 100 Å². The van der Waals surface area contributed by atoms with Crippen LogP contribution < -0.4 is 5.43 Å². The van der Waals surface area contributed by atoms with E-state index in [0.29, 0.717) is 5.56 Å². The molecule has 7 nitrogen and oxygen atoms in total. The predicted octanol–water partition coefficient (Wildman–Crippen LogP) is 3.53. The van der Waals surface area contributed by atoms with E-state index in [1.165, 1.54) is 12.3 Å². The Balaban J connectivity index is 1.69. The van der Waals surface area contributed by atoms with Gasteiger partial charge in [0.05, 0.1) is 17.6 Å². The Morgan fingerprint density at radius 1 is 1.32 bits per heavy atom. The monoisotopic (exact) mass is 400 g/mol. The molecule has 0 unspecified atom stereocenters. The molecule has 0 atom stereocenters. The lowest BCUT2D eigenvalue weighted by molar-refractivity contribution is -0.385. The van der Waals surface area contributed by atoms with Gasteiger partial charge >= 0.3 is 0 Å². The summed E-state index contributed by atoms with van der Waals surface area (Å²) in [5.74, 6) is -0.424. The molecule has 3 rings (SSSR count). The number of nitro benzene ring substituents is 1. The van der Waals surface area contributed by atoms with E-state index in [9.17, 15) is 14.9 Å². The molecule has 0 bridgehead atoms. The quantitative estimate of drug-likeness (QED) is 0.389. The van der Waals surface area contributed by atoms with Crippen molar-refractivity contribution in [2.45, 2.75) is 6.42 Å². The zero-order valence-corrected chi connectivity index (χ0v) is 14.5. The summed E-state index contributed by atoms with van der Waals surface area (Å²) in [6.07, 6.45) is 3.20. The van der Waals surface area contributed by atoms with E-state index in [-0.39, 0.29) is 12.1 Å². The van der Waals surface area contributed by atoms with Crippen molar-refractivity contribution in [3.63, 3.8) is 0 Å². The molecular formula is C17H13BrN4O3. The summed E-state index contributed by atoms with van der Waals surface area (Å²) in [5, 5.41) is 15.9. The van der Waals surface area contributed by atoms with Crippen molar-refractivity contribution in [2.24, 2.45) is 5.10 Å². The molecule has 0 aliphatic heterocycles. The normalized spacial score (nSPS) is 11.1. The van der Waals surface area contributed by atoms with Crippen LogP contribution in [0.5, 0.6) is 0 Å². The number of nitro groups is 1. The van der Waals surface area contributed by atoms with Gasteiger partial charge in [-0.25, -0.2) is 5.43 Å². The summed E-state index contributed by atoms with van der Waals surface area (Å²) in [6, 6.07) is 11.9. The number of H-pyrrole nitrogens is 1. The van der Waals surface area contributed by atoms with E-state index < -0.39 is 10.8 Å². The van der Waals surface area contributed by atoms with Crippen LogP contribution in [0, 0.1) is 10.1 Å². The maximum Gasteiger partial charge on any atom is 0.273 e. The molecule has 0 radical (unpaired) electrons. The Labute approximate surface area is 151 Å². The number of hydrogen-bond acceptors (Lipinski definition) is 4. The van der Waals surface area contributed by atoms with Gasteiger partial charge in [-0.3, -0.25) is 14.9 Å². The molecule has 0 aliphatic carbocycles. The maximum atomic E-state index is 12.0. The summed E-state index contributed by atoms with van der Waals surface area (Å²) in [4.78, 5) is 25.5. The van der Waals surface area contributed by atoms with Gasteiger partial charge in [0.15, 0.2) is 0 Å². The van der Waals surface area contributed by atoms with Gasteiger partial charge in [0.25, 0.3) is 5.69 Å². The third-order valence-electron chi connectivity index (χ3n) is 3.61. The highest BCUT2D eigenvalue weighted by Crippen LogP contribution is 2.21. The second-order valence-electron chi connectivity index (χ2n) is 5.29. The Hall–Kier alpha value is -3.00. The van der Waals surface area contributed by atoms with Gasteiger partial charge in [-0.05, 0) is 18.2 Å². The number of carbonyl (C=O) groups excluding carboxylic acids is 1. The number of rotatable bonds is 5. The number of hydrazone groups is 1. The van der Waals surface area contributed by atoms with Gasteiger partial charge in [-0.2, -0.15) is 5.10 Å². The van der Waals surface area contributed by atoms with Crippen LogP contribution in [0.3, 0.4) is 0 Å². The zero-order chi connectivity index (χ0) is 17.8. The average Bonchev–Trinajstić information content (AvgIpc) is 2.97. The summed E-state index contributed by atoms with van der Waals surface area (Å²) in [6.45, 7) is 0. The van der Waals surface area contributed by atoms with Crippen LogP contribution in [-0.2, 0) is 11.2 Å². The van der Waals surface area contributed by atoms with Gasteiger partial charge in [0.1, 0.15) is 0 Å². The number of para-hydroxylation sites is 1. The summed E-state index contributed by atoms with van der Waals surface area (Å²) < 4.78 is 0.940. The molecule has 126 valence electrons. The Kier molecular flexibility index (Phi) is 4.90. The van der Waals surface area contributed by atoms with E-state index in [4.69, 9.17) is 0 Å². The highest BCUT2D eigenvalue weighted by molar-refractivity contribution is 9.10. The molecule has 0 saturated carbocycles. The predicted molar refractivity (Wildman–Crippen MR) is 98.5 cm³/mol. The Morgan fingerprint density at radius 2 is 2.12 bits per heavy atom. The van der Waals surface area contributed by atoms with Crippen LogP contribution in [0.4, 0.5) is 5.69 Å². The van der Waals surface area contributed by atoms with Crippen molar-refractivity contribution in [1.29, 1.82) is 0 Å². The van der Waals surface area contributed by atoms with Gasteiger partial charge in [-0.1, -0.05) is 34.1 Å². The third kappa shape index (κ3) is 3.92. The molecule has 0 saturated heterocycles. The molecule has 2 aromatic carbocycles. The lowest BCUT2D eigenvalue weighted by Gasteiger charge is -2.01. The minimum atomic E-state index is -0.504. The molecule has 2 N–H and O–H groups in total. The van der Waals surface area contributed by atoms with Crippen molar-refractivity contribution in [3.05, 3.63) is 74.4 Å². The number of benzene rings is 2. The molecule has 25 heavy (non-hydrogen) atoms. The van der Waals surface area contributed by atoms with E-state index in [1.807, 2.05) is 18.2 Å². The molecular weight excluding hydrogens is 388 g/mol. The molecule has 3 aromatic rings. The number of hydrogen-bond donors (Lipinski definition) is 2. The van der Waals surface area contributed by atoms with Crippen molar-refractivity contribution in [1.82, 2.24) is 10.4 Å². The van der Waals surface area contributed by atoms with Crippen molar-refractivity contribution >= 4 is 44.6 Å². The van der Waals surface area contributed by atoms with Gasteiger partial charge in [-0.15, -0.1) is 0 Å². The second kappa shape index (κ2) is 7.27. The third-order valence-corrected chi connectivity index (χ3v) is 4.10. The fraction of sp³-hybridized carbons (Fsp3) is 0.0588. The summed E-state index contributed by atoms with van der Waals surface area (Å²) >= 11 is 3.41. The van der Waals surface area contributed by atoms with E-state index in [2.05, 4.69) is 31.4 Å². The number of nitrogens with one attached hydrogen (secondary N) is 2. The number of halogens is 1. The first-order valence-electron chi connectivity index (χ1n) is 7.35. The first kappa shape index (κ1) is 16.8.